The SMILES string of the molecule is CCOC(=O)[C@H](C)OP(=O)(CCN1CCN(C(=O)Oc2c3c(c(O)c4ncccc24)C(=O)N(CC2=CC=C(F)CC2)C3)CC1)Oc1ccccc1. The van der Waals surface area contributed by atoms with Gasteiger partial charge in [0.05, 0.1) is 24.9 Å². The quantitative estimate of drug-likeness (QED) is 0.178. The summed E-state index contributed by atoms with van der Waals surface area (Å²) < 4.78 is 50.0. The molecule has 1 saturated heterocycles. The molecule has 13 nitrogen and oxygen atoms in total. The number of hydrogen-bond donors (Lipinski definition) is 1. The zero-order chi connectivity index (χ0) is 36.1. The number of halogens is 1. The minimum atomic E-state index is -3.81. The molecular formula is C36H40FN4O9P. The highest BCUT2D eigenvalue weighted by Gasteiger charge is 2.38. The van der Waals surface area contributed by atoms with E-state index < -0.39 is 31.7 Å². The Hall–Kier alpha value is -4.78. The van der Waals surface area contributed by atoms with Crippen molar-refractivity contribution in [3.63, 3.8) is 0 Å². The van der Waals surface area contributed by atoms with Crippen molar-refractivity contribution in [3.05, 3.63) is 83.3 Å². The fourth-order valence-corrected chi connectivity index (χ4v) is 8.05. The number of nitrogens with zero attached hydrogens (tertiary/aromatic N) is 4. The molecule has 3 aliphatic rings. The van der Waals surface area contributed by atoms with Gasteiger partial charge in [-0.1, -0.05) is 29.8 Å². The van der Waals surface area contributed by atoms with Crippen LogP contribution < -0.4 is 9.26 Å². The highest BCUT2D eigenvalue weighted by atomic mass is 31.2. The summed E-state index contributed by atoms with van der Waals surface area (Å²) in [5.74, 6) is -1.06. The predicted octanol–water partition coefficient (Wildman–Crippen LogP) is 5.83. The highest BCUT2D eigenvalue weighted by molar-refractivity contribution is 7.54. The van der Waals surface area contributed by atoms with E-state index in [0.717, 1.165) is 5.57 Å². The molecule has 1 unspecified atom stereocenters. The molecule has 51 heavy (non-hydrogen) atoms. The number of phenols is 1. The number of aromatic hydroxyl groups is 1. The molecule has 3 aromatic rings. The molecule has 1 N–H and O–H groups in total. The number of pyridine rings is 1. The van der Waals surface area contributed by atoms with Gasteiger partial charge in [0.2, 0.25) is 0 Å². The second-order valence-electron chi connectivity index (χ2n) is 12.5. The summed E-state index contributed by atoms with van der Waals surface area (Å²) in [6.45, 7) is 5.38. The molecule has 0 radical (unpaired) electrons. The number of ether oxygens (including phenoxy) is 2. The van der Waals surface area contributed by atoms with Crippen molar-refractivity contribution in [2.24, 2.45) is 0 Å². The molecule has 3 heterocycles. The molecule has 2 atom stereocenters. The van der Waals surface area contributed by atoms with Crippen LogP contribution >= 0.6 is 7.60 Å². The first-order valence-corrected chi connectivity index (χ1v) is 18.6. The van der Waals surface area contributed by atoms with Crippen LogP contribution in [0.15, 0.2) is 72.2 Å². The third-order valence-electron chi connectivity index (χ3n) is 8.95. The summed E-state index contributed by atoms with van der Waals surface area (Å²) in [7, 11) is -3.81. The summed E-state index contributed by atoms with van der Waals surface area (Å²) in [5, 5.41) is 11.5. The van der Waals surface area contributed by atoms with E-state index in [-0.39, 0.29) is 60.7 Å². The van der Waals surface area contributed by atoms with Gasteiger partial charge in [-0.2, -0.15) is 0 Å². The number of benzene rings is 2. The van der Waals surface area contributed by atoms with Crippen molar-refractivity contribution in [2.75, 3.05) is 52.0 Å². The minimum absolute atomic E-state index is 0.0125. The average molecular weight is 723 g/mol. The van der Waals surface area contributed by atoms with Crippen LogP contribution in [0.1, 0.15) is 42.6 Å². The molecule has 15 heteroatoms. The Balaban J connectivity index is 1.12. The van der Waals surface area contributed by atoms with Crippen molar-refractivity contribution in [3.8, 4) is 17.2 Å². The van der Waals surface area contributed by atoms with E-state index in [1.807, 2.05) is 4.90 Å². The molecule has 2 aliphatic heterocycles. The summed E-state index contributed by atoms with van der Waals surface area (Å²) >= 11 is 0. The lowest BCUT2D eigenvalue weighted by molar-refractivity contribution is -0.150. The first kappa shape index (κ1) is 36.0. The third-order valence-corrected chi connectivity index (χ3v) is 10.8. The smallest absolute Gasteiger partial charge is 0.415 e. The monoisotopic (exact) mass is 722 g/mol. The maximum atomic E-state index is 13.9. The van der Waals surface area contributed by atoms with Gasteiger partial charge in [-0.05, 0) is 50.6 Å². The van der Waals surface area contributed by atoms with E-state index in [9.17, 15) is 28.4 Å². The van der Waals surface area contributed by atoms with Crippen molar-refractivity contribution >= 4 is 36.5 Å². The molecular weight excluding hydrogens is 682 g/mol. The molecule has 1 fully saturated rings. The molecule has 2 aromatic carbocycles. The van der Waals surface area contributed by atoms with E-state index >= 15 is 0 Å². The first-order valence-electron chi connectivity index (χ1n) is 16.9. The Morgan fingerprint density at radius 2 is 1.82 bits per heavy atom. The predicted molar refractivity (Wildman–Crippen MR) is 185 cm³/mol. The summed E-state index contributed by atoms with van der Waals surface area (Å²) in [6, 6.07) is 11.9. The molecule has 1 aromatic heterocycles. The van der Waals surface area contributed by atoms with E-state index in [1.54, 1.807) is 65.3 Å². The Morgan fingerprint density at radius 3 is 2.53 bits per heavy atom. The highest BCUT2D eigenvalue weighted by Crippen LogP contribution is 2.49. The van der Waals surface area contributed by atoms with Crippen molar-refractivity contribution in [1.82, 2.24) is 19.7 Å². The van der Waals surface area contributed by atoms with Crippen LogP contribution in [0.3, 0.4) is 0 Å². The number of aromatic nitrogens is 1. The second-order valence-corrected chi connectivity index (χ2v) is 14.5. The van der Waals surface area contributed by atoms with Crippen LogP contribution in [0.25, 0.3) is 10.9 Å². The maximum Gasteiger partial charge on any atom is 0.415 e. The number of carbonyl (C=O) groups is 3. The number of hydrogen-bond acceptors (Lipinski definition) is 11. The number of carbonyl (C=O) groups excluding carboxylic acids is 3. The van der Waals surface area contributed by atoms with Gasteiger partial charge >= 0.3 is 19.7 Å². The number of fused-ring (bicyclic) bond motifs is 2. The normalized spacial score (nSPS) is 18.1. The van der Waals surface area contributed by atoms with Crippen molar-refractivity contribution in [2.45, 2.75) is 39.3 Å². The Kier molecular flexibility index (Phi) is 11.0. The lowest BCUT2D eigenvalue weighted by Gasteiger charge is -2.34. The second kappa shape index (κ2) is 15.6. The zero-order valence-corrected chi connectivity index (χ0v) is 29.4. The number of allylic oxidation sites excluding steroid dienone is 3. The molecule has 1 aliphatic carbocycles. The Labute approximate surface area is 294 Å². The topological polar surface area (TPSA) is 148 Å². The van der Waals surface area contributed by atoms with Gasteiger partial charge in [0, 0.05) is 62.8 Å². The van der Waals surface area contributed by atoms with Crippen LogP contribution in [0, 0.1) is 0 Å². The van der Waals surface area contributed by atoms with Crippen LogP contribution in [0.5, 0.6) is 17.2 Å². The lowest BCUT2D eigenvalue weighted by Crippen LogP contribution is -2.50. The summed E-state index contributed by atoms with van der Waals surface area (Å²) in [4.78, 5) is 48.8. The Bertz CT molecular complexity index is 1910. The lowest BCUT2D eigenvalue weighted by atomic mass is 10.0. The number of amides is 2. The molecule has 0 bridgehead atoms. The molecule has 6 rings (SSSR count). The van der Waals surface area contributed by atoms with Gasteiger partial charge in [-0.15, -0.1) is 0 Å². The number of piperazine rings is 1. The maximum absolute atomic E-state index is 13.9. The van der Waals surface area contributed by atoms with Crippen LogP contribution in [-0.4, -0.2) is 101 Å². The van der Waals surface area contributed by atoms with E-state index in [2.05, 4.69) is 4.98 Å². The van der Waals surface area contributed by atoms with Gasteiger partial charge in [0.15, 0.2) is 11.9 Å². The summed E-state index contributed by atoms with van der Waals surface area (Å²) in [6.07, 6.45) is 3.54. The van der Waals surface area contributed by atoms with Crippen LogP contribution in [0.2, 0.25) is 0 Å². The van der Waals surface area contributed by atoms with Gasteiger partial charge < -0.3 is 28.9 Å². The zero-order valence-electron chi connectivity index (χ0n) is 28.5. The van der Waals surface area contributed by atoms with E-state index in [1.165, 1.54) is 19.2 Å². The van der Waals surface area contributed by atoms with Crippen LogP contribution in [0.4, 0.5) is 9.18 Å². The first-order chi connectivity index (χ1) is 24.5. The van der Waals surface area contributed by atoms with E-state index in [0.29, 0.717) is 55.8 Å². The number of phenolic OH excluding ortho intramolecular Hbond substituents is 1. The van der Waals surface area contributed by atoms with Gasteiger partial charge in [-0.25, -0.2) is 18.5 Å². The number of rotatable bonds is 12. The Morgan fingerprint density at radius 1 is 1.06 bits per heavy atom. The molecule has 0 spiro atoms. The summed E-state index contributed by atoms with van der Waals surface area (Å²) in [5.41, 5.74) is 1.43. The van der Waals surface area contributed by atoms with Gasteiger partial charge in [-0.3, -0.25) is 19.2 Å². The van der Waals surface area contributed by atoms with Gasteiger partial charge in [0.1, 0.15) is 22.8 Å². The number of esters is 1. The molecule has 2 amide bonds. The third kappa shape index (κ3) is 8.24. The van der Waals surface area contributed by atoms with Crippen molar-refractivity contribution in [1.29, 1.82) is 0 Å². The minimum Gasteiger partial charge on any atom is -0.505 e. The molecule has 0 saturated carbocycles. The largest absolute Gasteiger partial charge is 0.505 e. The number of para-hydroxylation sites is 1. The van der Waals surface area contributed by atoms with Crippen LogP contribution in [-0.2, 0) is 25.2 Å². The molecule has 270 valence electrons. The fraction of sp³-hybridized carbons (Fsp3) is 0.389. The van der Waals surface area contributed by atoms with Crippen molar-refractivity contribution < 1.29 is 47.0 Å². The standard InChI is InChI=1S/C36H40FN4O9P/c1-3-47-35(44)24(2)49-51(46,50-27-8-5-4-6-9-27)21-20-39-16-18-40(19-17-39)36(45)48-33-28-10-7-15-38-31(28)32(42)30-29(33)23-41(34(30)43)22-25-11-13-26(37)14-12-25/h4-11,13,15,24,42H,3,12,14,16-23H2,1-2H3/t24-,51?/m0/s1. The average Bonchev–Trinajstić information content (AvgIpc) is 3.46. The van der Waals surface area contributed by atoms with E-state index in [4.69, 9.17) is 18.5 Å². The van der Waals surface area contributed by atoms with Gasteiger partial charge in [0.25, 0.3) is 5.91 Å². The fourth-order valence-electron chi connectivity index (χ4n) is 6.27.